The lowest BCUT2D eigenvalue weighted by molar-refractivity contribution is 0.0958. The molecule has 0 aliphatic rings. The summed E-state index contributed by atoms with van der Waals surface area (Å²) in [7, 11) is 7.73. The Morgan fingerprint density at radius 3 is 2.40 bits per heavy atom. The predicted octanol–water partition coefficient (Wildman–Crippen LogP) is 1.50. The first-order chi connectivity index (χ1) is 7.00. The second-order valence-corrected chi connectivity index (χ2v) is 4.11. The van der Waals surface area contributed by atoms with Crippen molar-refractivity contribution in [2.75, 3.05) is 39.6 Å². The number of carbonyl (C=O) groups excluding carboxylic acids is 1. The van der Waals surface area contributed by atoms with Crippen LogP contribution >= 0.6 is 0 Å². The highest BCUT2D eigenvalue weighted by Gasteiger charge is 2.07. The Bertz CT molecular complexity index is 345. The first-order valence-corrected chi connectivity index (χ1v) is 4.96. The van der Waals surface area contributed by atoms with Crippen molar-refractivity contribution in [1.29, 1.82) is 0 Å². The van der Waals surface area contributed by atoms with Crippen LogP contribution < -0.4 is 4.90 Å². The van der Waals surface area contributed by atoms with Gasteiger partial charge >= 0.3 is 0 Å². The second kappa shape index (κ2) is 4.94. The van der Waals surface area contributed by atoms with Gasteiger partial charge in [-0.05, 0) is 26.2 Å². The molecule has 1 rings (SSSR count). The van der Waals surface area contributed by atoms with E-state index in [1.54, 1.807) is 0 Å². The van der Waals surface area contributed by atoms with E-state index in [1.807, 2.05) is 62.3 Å². The van der Waals surface area contributed by atoms with Crippen LogP contribution in [0.25, 0.3) is 0 Å². The van der Waals surface area contributed by atoms with Crippen LogP contribution in [0, 0.1) is 0 Å². The zero-order valence-corrected chi connectivity index (χ0v) is 9.82. The van der Waals surface area contributed by atoms with Gasteiger partial charge in [0.25, 0.3) is 0 Å². The monoisotopic (exact) mass is 206 g/mol. The Balaban J connectivity index is 2.85. The molecular formula is C12H18N2O. The molecule has 1 aromatic carbocycles. The molecule has 0 aliphatic carbocycles. The van der Waals surface area contributed by atoms with Crippen LogP contribution in [0.5, 0.6) is 0 Å². The number of rotatable bonds is 4. The summed E-state index contributed by atoms with van der Waals surface area (Å²) in [4.78, 5) is 15.6. The molecular weight excluding hydrogens is 188 g/mol. The van der Waals surface area contributed by atoms with Gasteiger partial charge in [-0.2, -0.15) is 0 Å². The SMILES string of the molecule is CN(C)CC(=O)c1cccc(N(C)C)c1. The molecule has 3 heteroatoms. The minimum Gasteiger partial charge on any atom is -0.378 e. The quantitative estimate of drug-likeness (QED) is 0.697. The highest BCUT2D eigenvalue weighted by Crippen LogP contribution is 2.13. The van der Waals surface area contributed by atoms with Crippen molar-refractivity contribution in [3.05, 3.63) is 29.8 Å². The molecule has 0 aromatic heterocycles. The topological polar surface area (TPSA) is 23.6 Å². The lowest BCUT2D eigenvalue weighted by Gasteiger charge is -2.14. The van der Waals surface area contributed by atoms with E-state index in [1.165, 1.54) is 0 Å². The minimum atomic E-state index is 0.156. The van der Waals surface area contributed by atoms with Crippen LogP contribution in [0.1, 0.15) is 10.4 Å². The smallest absolute Gasteiger partial charge is 0.176 e. The second-order valence-electron chi connectivity index (χ2n) is 4.11. The molecule has 82 valence electrons. The van der Waals surface area contributed by atoms with E-state index in [2.05, 4.69) is 0 Å². The highest BCUT2D eigenvalue weighted by atomic mass is 16.1. The molecule has 3 nitrogen and oxygen atoms in total. The Labute approximate surface area is 91.3 Å². The van der Waals surface area contributed by atoms with E-state index >= 15 is 0 Å². The van der Waals surface area contributed by atoms with Gasteiger partial charge in [-0.25, -0.2) is 0 Å². The third kappa shape index (κ3) is 3.36. The Morgan fingerprint density at radius 2 is 1.87 bits per heavy atom. The molecule has 15 heavy (non-hydrogen) atoms. The van der Waals surface area contributed by atoms with E-state index in [0.717, 1.165) is 11.3 Å². The Hall–Kier alpha value is -1.35. The maximum absolute atomic E-state index is 11.8. The lowest BCUT2D eigenvalue weighted by atomic mass is 10.1. The zero-order chi connectivity index (χ0) is 11.4. The largest absolute Gasteiger partial charge is 0.378 e. The van der Waals surface area contributed by atoms with Gasteiger partial charge in [0.15, 0.2) is 5.78 Å². The maximum atomic E-state index is 11.8. The fourth-order valence-electron chi connectivity index (χ4n) is 1.34. The summed E-state index contributed by atoms with van der Waals surface area (Å²) in [6, 6.07) is 7.69. The molecule has 0 heterocycles. The summed E-state index contributed by atoms with van der Waals surface area (Å²) in [5.74, 6) is 0.156. The van der Waals surface area contributed by atoms with E-state index in [0.29, 0.717) is 6.54 Å². The van der Waals surface area contributed by atoms with Gasteiger partial charge in [-0.15, -0.1) is 0 Å². The molecule has 0 saturated carbocycles. The van der Waals surface area contributed by atoms with E-state index in [9.17, 15) is 4.79 Å². The Morgan fingerprint density at radius 1 is 1.20 bits per heavy atom. The predicted molar refractivity (Wildman–Crippen MR) is 63.7 cm³/mol. The van der Waals surface area contributed by atoms with Gasteiger partial charge in [0, 0.05) is 25.3 Å². The third-order valence-corrected chi connectivity index (χ3v) is 2.14. The molecule has 0 saturated heterocycles. The molecule has 0 N–H and O–H groups in total. The van der Waals surface area contributed by atoms with Crippen LogP contribution in [-0.4, -0.2) is 45.4 Å². The summed E-state index contributed by atoms with van der Waals surface area (Å²) in [6.07, 6.45) is 0. The average Bonchev–Trinajstić information content (AvgIpc) is 2.17. The first kappa shape index (κ1) is 11.7. The fourth-order valence-corrected chi connectivity index (χ4v) is 1.34. The van der Waals surface area contributed by atoms with Crippen LogP contribution in [0.15, 0.2) is 24.3 Å². The van der Waals surface area contributed by atoms with Crippen molar-refractivity contribution in [3.63, 3.8) is 0 Å². The average molecular weight is 206 g/mol. The van der Waals surface area contributed by atoms with Crippen molar-refractivity contribution in [2.45, 2.75) is 0 Å². The normalized spacial score (nSPS) is 10.5. The molecule has 0 fully saturated rings. The van der Waals surface area contributed by atoms with Crippen molar-refractivity contribution in [2.24, 2.45) is 0 Å². The number of carbonyl (C=O) groups is 1. The van der Waals surface area contributed by atoms with Crippen LogP contribution in [0.3, 0.4) is 0 Å². The molecule has 0 radical (unpaired) electrons. The van der Waals surface area contributed by atoms with Crippen LogP contribution in [-0.2, 0) is 0 Å². The Kier molecular flexibility index (Phi) is 3.86. The number of hydrogen-bond donors (Lipinski definition) is 0. The fraction of sp³-hybridized carbons (Fsp3) is 0.417. The molecule has 0 bridgehead atoms. The van der Waals surface area contributed by atoms with Crippen molar-refractivity contribution in [1.82, 2.24) is 4.90 Å². The van der Waals surface area contributed by atoms with Gasteiger partial charge in [-0.1, -0.05) is 12.1 Å². The number of ketones is 1. The van der Waals surface area contributed by atoms with Crippen molar-refractivity contribution < 1.29 is 4.79 Å². The van der Waals surface area contributed by atoms with Crippen LogP contribution in [0.4, 0.5) is 5.69 Å². The molecule has 0 amide bonds. The molecule has 1 aromatic rings. The molecule has 0 spiro atoms. The zero-order valence-electron chi connectivity index (χ0n) is 9.82. The number of anilines is 1. The van der Waals surface area contributed by atoms with Gasteiger partial charge in [-0.3, -0.25) is 4.79 Å². The summed E-state index contributed by atoms with van der Waals surface area (Å²) in [5, 5.41) is 0. The minimum absolute atomic E-state index is 0.156. The molecule has 0 aliphatic heterocycles. The van der Waals surface area contributed by atoms with Crippen molar-refractivity contribution >= 4 is 11.5 Å². The molecule has 0 unspecified atom stereocenters. The lowest BCUT2D eigenvalue weighted by Crippen LogP contribution is -2.22. The van der Waals surface area contributed by atoms with E-state index in [4.69, 9.17) is 0 Å². The first-order valence-electron chi connectivity index (χ1n) is 4.96. The van der Waals surface area contributed by atoms with E-state index < -0.39 is 0 Å². The van der Waals surface area contributed by atoms with Gasteiger partial charge in [0.05, 0.1) is 6.54 Å². The number of benzene rings is 1. The number of likely N-dealkylation sites (N-methyl/N-ethyl adjacent to an activating group) is 1. The number of hydrogen-bond acceptors (Lipinski definition) is 3. The maximum Gasteiger partial charge on any atom is 0.176 e. The number of Topliss-reactive ketones (excluding diaryl/α,β-unsaturated/α-hetero) is 1. The highest BCUT2D eigenvalue weighted by molar-refractivity contribution is 5.98. The van der Waals surface area contributed by atoms with Gasteiger partial charge in [0.2, 0.25) is 0 Å². The molecule has 0 atom stereocenters. The standard InChI is InChI=1S/C12H18N2O/c1-13(2)9-12(15)10-6-5-7-11(8-10)14(3)4/h5-8H,9H2,1-4H3. The number of nitrogens with zero attached hydrogens (tertiary/aromatic N) is 2. The van der Waals surface area contributed by atoms with Crippen molar-refractivity contribution in [3.8, 4) is 0 Å². The summed E-state index contributed by atoms with van der Waals surface area (Å²) >= 11 is 0. The third-order valence-electron chi connectivity index (χ3n) is 2.14. The van der Waals surface area contributed by atoms with Gasteiger partial charge < -0.3 is 9.80 Å². The summed E-state index contributed by atoms with van der Waals surface area (Å²) < 4.78 is 0. The summed E-state index contributed by atoms with van der Waals surface area (Å²) in [5.41, 5.74) is 1.83. The van der Waals surface area contributed by atoms with Crippen LogP contribution in [0.2, 0.25) is 0 Å². The van der Waals surface area contributed by atoms with Gasteiger partial charge in [0.1, 0.15) is 0 Å². The van der Waals surface area contributed by atoms with E-state index in [-0.39, 0.29) is 5.78 Å². The summed E-state index contributed by atoms with van der Waals surface area (Å²) in [6.45, 7) is 0.455.